The second-order valence-corrected chi connectivity index (χ2v) is 14.1. The van der Waals surface area contributed by atoms with Crippen molar-refractivity contribution >= 4 is 15.5 Å². The molecule has 4 atom stereocenters. The highest BCUT2D eigenvalue weighted by molar-refractivity contribution is 7.91. The molecule has 4 N–H and O–H groups in total. The van der Waals surface area contributed by atoms with Crippen molar-refractivity contribution in [1.29, 1.82) is 0 Å². The molecule has 0 amide bonds. The van der Waals surface area contributed by atoms with E-state index in [2.05, 4.69) is 26.1 Å². The van der Waals surface area contributed by atoms with Crippen LogP contribution in [0.15, 0.2) is 36.4 Å². The van der Waals surface area contributed by atoms with Crippen molar-refractivity contribution in [2.75, 3.05) is 23.8 Å². The third-order valence-electron chi connectivity index (χ3n) is 7.02. The van der Waals surface area contributed by atoms with Gasteiger partial charge in [0, 0.05) is 18.5 Å². The number of ether oxygens (including phenoxy) is 2. The summed E-state index contributed by atoms with van der Waals surface area (Å²) in [7, 11) is -3.59. The highest BCUT2D eigenvalue weighted by Gasteiger charge is 2.43. The van der Waals surface area contributed by atoms with Gasteiger partial charge in [-0.25, -0.2) is 12.8 Å². The molecule has 1 heterocycles. The van der Waals surface area contributed by atoms with Gasteiger partial charge in [-0.2, -0.15) is 13.2 Å². The number of halogens is 4. The zero-order valence-electron chi connectivity index (χ0n) is 24.0. The SMILES string of the molecule is CC(C)OC[C@@H](Oc1cc(C[C@@H]2CS(=O)(=O)C[C@H](NCc3cccc(C(C)(C)C)c3)[C@H]2O)cc(F)c1N)C(F)(F)F. The summed E-state index contributed by atoms with van der Waals surface area (Å²) in [6.45, 7) is 8.88. The largest absolute Gasteiger partial charge is 0.476 e. The van der Waals surface area contributed by atoms with E-state index in [-0.39, 0.29) is 28.9 Å². The van der Waals surface area contributed by atoms with Crippen LogP contribution in [0.2, 0.25) is 0 Å². The minimum atomic E-state index is -4.81. The van der Waals surface area contributed by atoms with Crippen LogP contribution in [-0.4, -0.2) is 62.2 Å². The fourth-order valence-corrected chi connectivity index (χ4v) is 6.71. The summed E-state index contributed by atoms with van der Waals surface area (Å²) >= 11 is 0. The molecule has 2 aromatic rings. The first kappa shape index (κ1) is 33.1. The van der Waals surface area contributed by atoms with E-state index >= 15 is 0 Å². The summed E-state index contributed by atoms with van der Waals surface area (Å²) in [5, 5.41) is 14.3. The zero-order chi connectivity index (χ0) is 30.8. The second-order valence-electron chi connectivity index (χ2n) is 12.0. The average Bonchev–Trinajstić information content (AvgIpc) is 2.84. The van der Waals surface area contributed by atoms with Crippen molar-refractivity contribution in [1.82, 2.24) is 5.32 Å². The van der Waals surface area contributed by atoms with Crippen LogP contribution in [0.25, 0.3) is 0 Å². The lowest BCUT2D eigenvalue weighted by molar-refractivity contribution is -0.211. The van der Waals surface area contributed by atoms with Gasteiger partial charge in [0.05, 0.1) is 30.3 Å². The number of nitrogen functional groups attached to an aromatic ring is 1. The number of alkyl halides is 3. The van der Waals surface area contributed by atoms with Crippen LogP contribution in [0, 0.1) is 11.7 Å². The van der Waals surface area contributed by atoms with Gasteiger partial charge in [0.2, 0.25) is 6.10 Å². The van der Waals surface area contributed by atoms with Crippen LogP contribution >= 0.6 is 0 Å². The van der Waals surface area contributed by atoms with Crippen molar-refractivity contribution in [3.05, 3.63) is 58.9 Å². The van der Waals surface area contributed by atoms with E-state index < -0.39 is 70.1 Å². The lowest BCUT2D eigenvalue weighted by Gasteiger charge is -2.35. The number of sulfone groups is 1. The molecule has 3 rings (SSSR count). The molecule has 230 valence electrons. The first-order valence-corrected chi connectivity index (χ1v) is 15.3. The molecule has 7 nitrogen and oxygen atoms in total. The number of rotatable bonds is 10. The molecular formula is C29H40F4N2O5S. The molecule has 12 heteroatoms. The summed E-state index contributed by atoms with van der Waals surface area (Å²) < 4.78 is 91.1. The van der Waals surface area contributed by atoms with Crippen LogP contribution in [0.1, 0.15) is 51.3 Å². The molecule has 0 saturated carbocycles. The minimum Gasteiger partial charge on any atom is -0.476 e. The smallest absolute Gasteiger partial charge is 0.427 e. The first-order valence-electron chi connectivity index (χ1n) is 13.5. The van der Waals surface area contributed by atoms with Crippen molar-refractivity contribution in [3.63, 3.8) is 0 Å². The standard InChI is InChI=1S/C29H40F4N2O5S/c1-17(2)39-14-25(29(31,32)33)40-24-12-19(11-22(30)26(24)34)9-20-15-41(37,38)16-23(27(20)36)35-13-18-7-6-8-21(10-18)28(3,4)5/h6-8,10-12,17,20,23,25,27,35-36H,9,13-16,34H2,1-5H3/t20-,23+,25-,27+/m1/s1. The number of aliphatic hydroxyl groups is 1. The summed E-state index contributed by atoms with van der Waals surface area (Å²) in [6, 6.07) is 9.23. The molecule has 0 radical (unpaired) electrons. The van der Waals surface area contributed by atoms with Gasteiger partial charge in [0.1, 0.15) is 17.3 Å². The molecule has 2 aromatic carbocycles. The van der Waals surface area contributed by atoms with Crippen molar-refractivity contribution in [2.45, 2.75) is 83.5 Å². The predicted octanol–water partition coefficient (Wildman–Crippen LogP) is 4.55. The van der Waals surface area contributed by atoms with Crippen LogP contribution in [0.5, 0.6) is 5.75 Å². The maximum atomic E-state index is 14.7. The Morgan fingerprint density at radius 3 is 2.39 bits per heavy atom. The molecule has 0 aromatic heterocycles. The maximum absolute atomic E-state index is 14.7. The molecule has 1 saturated heterocycles. The molecule has 0 spiro atoms. The molecule has 41 heavy (non-hydrogen) atoms. The Morgan fingerprint density at radius 2 is 1.78 bits per heavy atom. The number of hydrogen-bond acceptors (Lipinski definition) is 7. The van der Waals surface area contributed by atoms with E-state index in [0.29, 0.717) is 6.54 Å². The Balaban J connectivity index is 1.79. The fourth-order valence-electron chi connectivity index (χ4n) is 4.74. The van der Waals surface area contributed by atoms with Gasteiger partial charge in [0.15, 0.2) is 9.84 Å². The second kappa shape index (κ2) is 12.8. The fraction of sp³-hybridized carbons (Fsp3) is 0.586. The number of hydrogen-bond donors (Lipinski definition) is 3. The van der Waals surface area contributed by atoms with Crippen molar-refractivity contribution in [2.24, 2.45) is 5.92 Å². The first-order chi connectivity index (χ1) is 18.9. The highest BCUT2D eigenvalue weighted by atomic mass is 32.2. The van der Waals surface area contributed by atoms with Crippen molar-refractivity contribution in [3.8, 4) is 5.75 Å². The van der Waals surface area contributed by atoms with Crippen LogP contribution in [0.4, 0.5) is 23.2 Å². The summed E-state index contributed by atoms with van der Waals surface area (Å²) in [6.07, 6.45) is -8.94. The van der Waals surface area contributed by atoms with Gasteiger partial charge in [-0.3, -0.25) is 0 Å². The van der Waals surface area contributed by atoms with Crippen molar-refractivity contribution < 1.29 is 40.6 Å². The van der Waals surface area contributed by atoms with Crippen LogP contribution in [0.3, 0.4) is 0 Å². The topological polar surface area (TPSA) is 111 Å². The Labute approximate surface area is 239 Å². The minimum absolute atomic E-state index is 0.0761. The van der Waals surface area contributed by atoms with E-state index in [0.717, 1.165) is 23.3 Å². The van der Waals surface area contributed by atoms with E-state index in [9.17, 15) is 31.1 Å². The van der Waals surface area contributed by atoms with Gasteiger partial charge in [-0.15, -0.1) is 0 Å². The highest BCUT2D eigenvalue weighted by Crippen LogP contribution is 2.34. The number of benzene rings is 2. The average molecular weight is 605 g/mol. The third kappa shape index (κ3) is 9.29. The van der Waals surface area contributed by atoms with E-state index in [1.54, 1.807) is 13.8 Å². The van der Waals surface area contributed by atoms with Crippen LogP contribution in [-0.2, 0) is 33.0 Å². The van der Waals surface area contributed by atoms with E-state index in [4.69, 9.17) is 15.2 Å². The predicted molar refractivity (Wildman–Crippen MR) is 150 cm³/mol. The number of aliphatic hydroxyl groups excluding tert-OH is 1. The van der Waals surface area contributed by atoms with E-state index in [1.165, 1.54) is 0 Å². The quantitative estimate of drug-likeness (QED) is 0.270. The lowest BCUT2D eigenvalue weighted by atomic mass is 9.86. The molecule has 1 fully saturated rings. The monoisotopic (exact) mass is 604 g/mol. The summed E-state index contributed by atoms with van der Waals surface area (Å²) in [5.74, 6) is -3.02. The maximum Gasteiger partial charge on any atom is 0.427 e. The Bertz CT molecular complexity index is 1300. The molecule has 0 aliphatic carbocycles. The third-order valence-corrected chi connectivity index (χ3v) is 8.83. The normalized spacial score (nSPS) is 22.1. The van der Waals surface area contributed by atoms with Gasteiger partial charge < -0.3 is 25.6 Å². The summed E-state index contributed by atoms with van der Waals surface area (Å²) in [4.78, 5) is 0. The molecule has 0 unspecified atom stereocenters. The Morgan fingerprint density at radius 1 is 1.10 bits per heavy atom. The molecule has 1 aliphatic heterocycles. The Kier molecular flexibility index (Phi) is 10.4. The molecule has 1 aliphatic rings. The van der Waals surface area contributed by atoms with Gasteiger partial charge in [0.25, 0.3) is 0 Å². The van der Waals surface area contributed by atoms with Gasteiger partial charge in [-0.1, -0.05) is 45.0 Å². The van der Waals surface area contributed by atoms with Gasteiger partial charge >= 0.3 is 6.18 Å². The van der Waals surface area contributed by atoms with Crippen LogP contribution < -0.4 is 15.8 Å². The Hall–Kier alpha value is -2.41. The number of anilines is 1. The zero-order valence-corrected chi connectivity index (χ0v) is 24.8. The van der Waals surface area contributed by atoms with Gasteiger partial charge in [-0.05, 0) is 54.5 Å². The number of nitrogens with two attached hydrogens (primary N) is 1. The molecular weight excluding hydrogens is 564 g/mol. The lowest BCUT2D eigenvalue weighted by Crippen LogP contribution is -2.54. The summed E-state index contributed by atoms with van der Waals surface area (Å²) in [5.41, 5.74) is 7.19. The number of nitrogens with one attached hydrogen (secondary N) is 1. The molecule has 0 bridgehead atoms. The van der Waals surface area contributed by atoms with E-state index in [1.807, 2.05) is 24.3 Å².